The smallest absolute Gasteiger partial charge is 0.281 e. The van der Waals surface area contributed by atoms with Crippen LogP contribution in [0.4, 0.5) is 17.6 Å². The molecule has 0 amide bonds. The first-order valence-corrected chi connectivity index (χ1v) is 9.01. The number of ether oxygens (including phenoxy) is 1. The normalized spacial score (nSPS) is 11.5. The Morgan fingerprint density at radius 1 is 0.935 bits per heavy atom. The fourth-order valence-corrected chi connectivity index (χ4v) is 2.76. The van der Waals surface area contributed by atoms with Crippen LogP contribution in [0.2, 0.25) is 0 Å². The van der Waals surface area contributed by atoms with Crippen molar-refractivity contribution in [2.75, 3.05) is 0 Å². The lowest BCUT2D eigenvalue weighted by Gasteiger charge is -2.09. The third kappa shape index (κ3) is 4.37. The molecular formula is C19H15F4N7O. The van der Waals surface area contributed by atoms with Crippen LogP contribution >= 0.6 is 0 Å². The topological polar surface area (TPSA) is 83.5 Å². The van der Waals surface area contributed by atoms with Gasteiger partial charge in [-0.3, -0.25) is 4.57 Å². The first-order chi connectivity index (χ1) is 14.9. The van der Waals surface area contributed by atoms with Crippen LogP contribution in [0.15, 0.2) is 48.9 Å². The summed E-state index contributed by atoms with van der Waals surface area (Å²) in [6.45, 7) is 1.79. The van der Waals surface area contributed by atoms with Crippen LogP contribution in [-0.4, -0.2) is 34.7 Å². The Bertz CT molecular complexity index is 1160. The second-order valence-corrected chi connectivity index (χ2v) is 6.45. The second kappa shape index (κ2) is 8.50. The molecule has 4 aromatic rings. The van der Waals surface area contributed by atoms with E-state index in [0.717, 1.165) is 0 Å². The highest BCUT2D eigenvalue weighted by Crippen LogP contribution is 2.22. The molecule has 160 valence electrons. The molecule has 12 heteroatoms. The third-order valence-corrected chi connectivity index (χ3v) is 4.42. The molecule has 0 spiro atoms. The molecule has 0 aliphatic rings. The molecule has 3 aromatic heterocycles. The minimum absolute atomic E-state index is 0.0457. The molecule has 4 rings (SSSR count). The highest BCUT2D eigenvalue weighted by atomic mass is 19.3. The molecule has 0 atom stereocenters. The number of benzene rings is 1. The lowest BCUT2D eigenvalue weighted by molar-refractivity contribution is 0.146. The number of hydrogen-bond acceptors (Lipinski definition) is 6. The minimum Gasteiger partial charge on any atom is -0.470 e. The van der Waals surface area contributed by atoms with Crippen molar-refractivity contribution in [2.24, 2.45) is 0 Å². The Kier molecular flexibility index (Phi) is 5.60. The van der Waals surface area contributed by atoms with Gasteiger partial charge in [-0.15, -0.1) is 15.3 Å². The van der Waals surface area contributed by atoms with E-state index in [9.17, 15) is 17.6 Å². The molecule has 1 aromatic carbocycles. The molecule has 0 saturated heterocycles. The van der Waals surface area contributed by atoms with Crippen molar-refractivity contribution in [3.05, 3.63) is 71.6 Å². The quantitative estimate of drug-likeness (QED) is 0.410. The number of rotatable bonds is 7. The first kappa shape index (κ1) is 20.4. The molecule has 8 nitrogen and oxygen atoms in total. The summed E-state index contributed by atoms with van der Waals surface area (Å²) in [6.07, 6.45) is -2.84. The average molecular weight is 433 g/mol. The molecule has 0 saturated carbocycles. The zero-order valence-corrected chi connectivity index (χ0v) is 16.0. The van der Waals surface area contributed by atoms with Gasteiger partial charge in [0, 0.05) is 17.8 Å². The molecule has 0 N–H and O–H groups in total. The monoisotopic (exact) mass is 433 g/mol. The van der Waals surface area contributed by atoms with E-state index in [1.165, 1.54) is 52.1 Å². The van der Waals surface area contributed by atoms with Gasteiger partial charge in [-0.05, 0) is 25.1 Å². The van der Waals surface area contributed by atoms with E-state index >= 15 is 0 Å². The summed E-state index contributed by atoms with van der Waals surface area (Å²) in [7, 11) is 0. The summed E-state index contributed by atoms with van der Waals surface area (Å²) in [6, 6.07) is 8.76. The molecule has 0 fully saturated rings. The van der Waals surface area contributed by atoms with Gasteiger partial charge in [-0.1, -0.05) is 17.3 Å². The summed E-state index contributed by atoms with van der Waals surface area (Å²) >= 11 is 0. The Labute approximate surface area is 173 Å². The van der Waals surface area contributed by atoms with Crippen LogP contribution < -0.4 is 4.74 Å². The lowest BCUT2D eigenvalue weighted by atomic mass is 10.2. The Morgan fingerprint density at radius 3 is 2.32 bits per heavy atom. The van der Waals surface area contributed by atoms with Crippen LogP contribution in [0.1, 0.15) is 35.5 Å². The van der Waals surface area contributed by atoms with Gasteiger partial charge < -0.3 is 4.74 Å². The molecule has 0 radical (unpaired) electrons. The van der Waals surface area contributed by atoms with E-state index in [1.54, 1.807) is 13.0 Å². The number of alkyl halides is 4. The van der Waals surface area contributed by atoms with Crippen molar-refractivity contribution in [3.8, 4) is 17.4 Å². The van der Waals surface area contributed by atoms with Gasteiger partial charge in [-0.25, -0.2) is 27.2 Å². The minimum atomic E-state index is -2.68. The van der Waals surface area contributed by atoms with Gasteiger partial charge in [0.05, 0.1) is 11.4 Å². The van der Waals surface area contributed by atoms with Gasteiger partial charge in [0.25, 0.3) is 12.9 Å². The predicted octanol–water partition coefficient (Wildman–Crippen LogP) is 4.01. The van der Waals surface area contributed by atoms with Crippen molar-refractivity contribution >= 4 is 0 Å². The summed E-state index contributed by atoms with van der Waals surface area (Å²) < 4.78 is 59.3. The van der Waals surface area contributed by atoms with E-state index in [-0.39, 0.29) is 23.7 Å². The number of aryl methyl sites for hydroxylation is 1. The summed E-state index contributed by atoms with van der Waals surface area (Å²) in [5.74, 6) is 0.493. The number of hydrogen-bond donors (Lipinski definition) is 0. The van der Waals surface area contributed by atoms with E-state index < -0.39 is 12.9 Å². The van der Waals surface area contributed by atoms with Crippen LogP contribution in [-0.2, 0) is 6.61 Å². The molecule has 0 bridgehead atoms. The van der Waals surface area contributed by atoms with Crippen LogP contribution in [0.3, 0.4) is 0 Å². The van der Waals surface area contributed by atoms with Crippen molar-refractivity contribution < 1.29 is 22.3 Å². The zero-order valence-electron chi connectivity index (χ0n) is 16.0. The van der Waals surface area contributed by atoms with Crippen molar-refractivity contribution in [2.45, 2.75) is 26.4 Å². The van der Waals surface area contributed by atoms with E-state index in [2.05, 4.69) is 25.5 Å². The van der Waals surface area contributed by atoms with Crippen molar-refractivity contribution in [1.82, 2.24) is 34.7 Å². The SMILES string of the molecule is Cc1nnn(-c2ccc(C(F)F)cc2)c1COc1ccc(-n2cnc(C(F)F)c2)nn1. The van der Waals surface area contributed by atoms with Gasteiger partial charge >= 0.3 is 0 Å². The number of halogens is 4. The van der Waals surface area contributed by atoms with Crippen LogP contribution in [0.5, 0.6) is 5.88 Å². The van der Waals surface area contributed by atoms with E-state index in [1.807, 2.05) is 0 Å². The molecule has 0 aliphatic carbocycles. The summed E-state index contributed by atoms with van der Waals surface area (Å²) in [4.78, 5) is 3.60. The lowest BCUT2D eigenvalue weighted by Crippen LogP contribution is -2.08. The second-order valence-electron chi connectivity index (χ2n) is 6.45. The molecule has 0 unspecified atom stereocenters. The largest absolute Gasteiger partial charge is 0.470 e. The van der Waals surface area contributed by atoms with Crippen molar-refractivity contribution in [1.29, 1.82) is 0 Å². The van der Waals surface area contributed by atoms with Crippen LogP contribution in [0.25, 0.3) is 11.5 Å². The van der Waals surface area contributed by atoms with Gasteiger partial charge in [0.15, 0.2) is 5.82 Å². The average Bonchev–Trinajstić information content (AvgIpc) is 3.40. The molecule has 3 heterocycles. The Hall–Kier alpha value is -3.83. The van der Waals surface area contributed by atoms with Gasteiger partial charge in [0.1, 0.15) is 24.3 Å². The maximum atomic E-state index is 12.8. The predicted molar refractivity (Wildman–Crippen MR) is 99.5 cm³/mol. The van der Waals surface area contributed by atoms with E-state index in [0.29, 0.717) is 22.9 Å². The summed E-state index contributed by atoms with van der Waals surface area (Å²) in [5.41, 5.74) is 1.31. The van der Waals surface area contributed by atoms with Crippen molar-refractivity contribution in [3.63, 3.8) is 0 Å². The number of nitrogens with zero attached hydrogens (tertiary/aromatic N) is 7. The Balaban J connectivity index is 1.47. The third-order valence-electron chi connectivity index (χ3n) is 4.42. The number of imidazole rings is 1. The Morgan fingerprint density at radius 2 is 1.71 bits per heavy atom. The van der Waals surface area contributed by atoms with Gasteiger partial charge in [-0.2, -0.15) is 0 Å². The maximum Gasteiger partial charge on any atom is 0.281 e. The first-order valence-electron chi connectivity index (χ1n) is 9.01. The molecular weight excluding hydrogens is 418 g/mol. The fourth-order valence-electron chi connectivity index (χ4n) is 2.76. The maximum absolute atomic E-state index is 12.8. The zero-order chi connectivity index (χ0) is 22.0. The highest BCUT2D eigenvalue weighted by molar-refractivity contribution is 5.36. The molecule has 31 heavy (non-hydrogen) atoms. The standard InChI is InChI=1S/C19H15F4N7O/c1-11-15(30(28-25-11)13-4-2-12(3-5-13)18(20)21)9-31-17-7-6-16(26-27-17)29-8-14(19(22)23)24-10-29/h2-8,10,18-19H,9H2,1H3. The van der Waals surface area contributed by atoms with Gasteiger partial charge in [0.2, 0.25) is 5.88 Å². The summed E-state index contributed by atoms with van der Waals surface area (Å²) in [5, 5.41) is 15.9. The molecule has 0 aliphatic heterocycles. The van der Waals surface area contributed by atoms with Crippen LogP contribution in [0, 0.1) is 6.92 Å². The highest BCUT2D eigenvalue weighted by Gasteiger charge is 2.15. The van der Waals surface area contributed by atoms with E-state index in [4.69, 9.17) is 4.74 Å². The number of aromatic nitrogens is 7. The fraction of sp³-hybridized carbons (Fsp3) is 0.211.